The van der Waals surface area contributed by atoms with Gasteiger partial charge in [0, 0.05) is 49.7 Å². The summed E-state index contributed by atoms with van der Waals surface area (Å²) in [4.78, 5) is 44.0. The van der Waals surface area contributed by atoms with Gasteiger partial charge in [-0.15, -0.1) is 12.4 Å². The van der Waals surface area contributed by atoms with Crippen molar-refractivity contribution in [1.82, 2.24) is 24.3 Å². The summed E-state index contributed by atoms with van der Waals surface area (Å²) in [6.07, 6.45) is 3.69. The lowest BCUT2D eigenvalue weighted by molar-refractivity contribution is -0.138. The fraction of sp³-hybridized carbons (Fsp3) is 0.393. The maximum absolute atomic E-state index is 13.8. The summed E-state index contributed by atoms with van der Waals surface area (Å²) < 4.78 is 3.84. The Morgan fingerprint density at radius 3 is 2.39 bits per heavy atom. The number of aryl methyl sites for hydroxylation is 1. The minimum absolute atomic E-state index is 0. The zero-order valence-electron chi connectivity index (χ0n) is 21.9. The number of hydrogen-bond acceptors (Lipinski definition) is 4. The van der Waals surface area contributed by atoms with Crippen LogP contribution in [-0.4, -0.2) is 55.5 Å². The Labute approximate surface area is 227 Å². The molecular weight excluding hydrogens is 504 g/mol. The third-order valence-electron chi connectivity index (χ3n) is 7.36. The van der Waals surface area contributed by atoms with Gasteiger partial charge in [-0.25, -0.2) is 4.79 Å². The molecule has 1 aliphatic rings. The van der Waals surface area contributed by atoms with Crippen molar-refractivity contribution >= 4 is 46.2 Å². The lowest BCUT2D eigenvalue weighted by atomic mass is 9.99. The van der Waals surface area contributed by atoms with Crippen molar-refractivity contribution in [2.45, 2.75) is 50.7 Å². The molecule has 1 unspecified atom stereocenters. The summed E-state index contributed by atoms with van der Waals surface area (Å²) in [6, 6.07) is 14.9. The molecule has 38 heavy (non-hydrogen) atoms. The van der Waals surface area contributed by atoms with Crippen LogP contribution in [-0.2, 0) is 23.1 Å². The molecule has 1 saturated heterocycles. The molecule has 4 N–H and O–H groups in total. The number of likely N-dealkylation sites (tertiary alicyclic amines) is 1. The zero-order valence-corrected chi connectivity index (χ0v) is 22.8. The topological polar surface area (TPSA) is 118 Å². The van der Waals surface area contributed by atoms with Crippen LogP contribution in [0.1, 0.15) is 38.3 Å². The Hall–Kier alpha value is -3.56. The van der Waals surface area contributed by atoms with E-state index < -0.39 is 11.6 Å². The first-order valence-electron chi connectivity index (χ1n) is 12.7. The third kappa shape index (κ3) is 5.21. The number of halogens is 1. The van der Waals surface area contributed by atoms with Crippen LogP contribution in [0.15, 0.2) is 59.5 Å². The number of aromatic nitrogens is 3. The van der Waals surface area contributed by atoms with Gasteiger partial charge >= 0.3 is 5.69 Å². The van der Waals surface area contributed by atoms with Crippen molar-refractivity contribution in [2.24, 2.45) is 12.8 Å². The highest BCUT2D eigenvalue weighted by atomic mass is 35.5. The number of piperidine rings is 1. The Bertz CT molecular complexity index is 1520. The van der Waals surface area contributed by atoms with Gasteiger partial charge in [-0.1, -0.05) is 30.3 Å². The summed E-state index contributed by atoms with van der Waals surface area (Å²) in [5.41, 5.74) is 8.56. The number of para-hydroxylation sites is 3. The minimum atomic E-state index is -1.11. The average Bonchev–Trinajstić information content (AvgIpc) is 3.38. The van der Waals surface area contributed by atoms with E-state index in [1.54, 1.807) is 18.7 Å². The lowest BCUT2D eigenvalue weighted by Gasteiger charge is -2.35. The molecule has 0 spiro atoms. The highest BCUT2D eigenvalue weighted by Crippen LogP contribution is 2.26. The number of benzene rings is 2. The lowest BCUT2D eigenvalue weighted by Crippen LogP contribution is -2.57. The molecule has 2 aromatic carbocycles. The van der Waals surface area contributed by atoms with E-state index in [9.17, 15) is 14.4 Å². The Balaban J connectivity index is 0.00000336. The van der Waals surface area contributed by atoms with Crippen LogP contribution in [0.4, 0.5) is 0 Å². The maximum Gasteiger partial charge on any atom is 0.326 e. The number of aromatic amines is 1. The first kappa shape index (κ1) is 27.5. The van der Waals surface area contributed by atoms with Gasteiger partial charge in [0.2, 0.25) is 11.8 Å². The number of hydrogen-bond donors (Lipinski definition) is 3. The summed E-state index contributed by atoms with van der Waals surface area (Å²) >= 11 is 0. The van der Waals surface area contributed by atoms with E-state index in [1.165, 1.54) is 0 Å². The molecule has 9 nitrogen and oxygen atoms in total. The first-order chi connectivity index (χ1) is 17.6. The highest BCUT2D eigenvalue weighted by molar-refractivity contribution is 5.92. The Kier molecular flexibility index (Phi) is 7.71. The van der Waals surface area contributed by atoms with Crippen LogP contribution in [0.3, 0.4) is 0 Å². The molecular formula is C28H35ClN6O3. The van der Waals surface area contributed by atoms with Crippen LogP contribution >= 0.6 is 12.4 Å². The third-order valence-corrected chi connectivity index (χ3v) is 7.36. The highest BCUT2D eigenvalue weighted by Gasteiger charge is 2.33. The van der Waals surface area contributed by atoms with E-state index in [0.717, 1.165) is 27.5 Å². The van der Waals surface area contributed by atoms with Gasteiger partial charge in [-0.2, -0.15) is 0 Å². The van der Waals surface area contributed by atoms with Gasteiger partial charge in [0.1, 0.15) is 6.04 Å². The van der Waals surface area contributed by atoms with Crippen LogP contribution < -0.4 is 16.7 Å². The number of amides is 2. The molecule has 4 aromatic rings. The molecule has 5 rings (SSSR count). The molecule has 10 heteroatoms. The van der Waals surface area contributed by atoms with Gasteiger partial charge in [0.15, 0.2) is 0 Å². The van der Waals surface area contributed by atoms with Crippen molar-refractivity contribution in [3.05, 3.63) is 70.8 Å². The van der Waals surface area contributed by atoms with E-state index >= 15 is 0 Å². The van der Waals surface area contributed by atoms with Crippen molar-refractivity contribution < 1.29 is 9.59 Å². The number of nitrogens with zero attached hydrogens (tertiary/aromatic N) is 3. The van der Waals surface area contributed by atoms with E-state index in [1.807, 2.05) is 70.9 Å². The Morgan fingerprint density at radius 2 is 1.71 bits per heavy atom. The number of imidazole rings is 1. The number of rotatable bonds is 6. The number of nitrogens with two attached hydrogens (primary N) is 1. The summed E-state index contributed by atoms with van der Waals surface area (Å²) in [5, 5.41) is 3.98. The van der Waals surface area contributed by atoms with Gasteiger partial charge in [-0.05, 0) is 50.5 Å². The quantitative estimate of drug-likeness (QED) is 0.350. The number of nitrogens with one attached hydrogen (secondary N) is 2. The second-order valence-corrected chi connectivity index (χ2v) is 10.6. The monoisotopic (exact) mass is 538 g/mol. The molecule has 1 atom stereocenters. The molecule has 202 valence electrons. The summed E-state index contributed by atoms with van der Waals surface area (Å²) in [7, 11) is 1.97. The van der Waals surface area contributed by atoms with Crippen molar-refractivity contribution in [2.75, 3.05) is 13.1 Å². The largest absolute Gasteiger partial charge is 0.350 e. The van der Waals surface area contributed by atoms with Gasteiger partial charge in [-0.3, -0.25) is 14.2 Å². The zero-order chi connectivity index (χ0) is 26.3. The van der Waals surface area contributed by atoms with Gasteiger partial charge in [0.25, 0.3) is 0 Å². The fourth-order valence-electron chi connectivity index (χ4n) is 5.35. The minimum Gasteiger partial charge on any atom is -0.350 e. The molecule has 1 fully saturated rings. The average molecular weight is 539 g/mol. The standard InChI is InChI=1S/C28H34N6O3.ClH/c1-28(2,29)26(36)30-22(16-18-17-32(3)23-10-6-4-8-20(18)23)25(35)33-14-12-19(13-15-33)34-24-11-7-5-9-21(24)31-27(34)37;/h4-11,17,19,22H,12-16,29H2,1-3H3,(H,30,36)(H,31,37);1H. The van der Waals surface area contributed by atoms with E-state index in [4.69, 9.17) is 5.73 Å². The van der Waals surface area contributed by atoms with Crippen LogP contribution in [0.5, 0.6) is 0 Å². The number of carbonyl (C=O) groups excluding carboxylic acids is 2. The molecule has 1 aliphatic heterocycles. The first-order valence-corrected chi connectivity index (χ1v) is 12.7. The number of carbonyl (C=O) groups is 2. The fourth-order valence-corrected chi connectivity index (χ4v) is 5.35. The van der Waals surface area contributed by atoms with Crippen LogP contribution in [0.2, 0.25) is 0 Å². The predicted molar refractivity (Wildman–Crippen MR) is 151 cm³/mol. The van der Waals surface area contributed by atoms with Crippen molar-refractivity contribution in [3.63, 3.8) is 0 Å². The Morgan fingerprint density at radius 1 is 1.08 bits per heavy atom. The maximum atomic E-state index is 13.8. The molecule has 0 aliphatic carbocycles. The smallest absolute Gasteiger partial charge is 0.326 e. The van der Waals surface area contributed by atoms with Crippen molar-refractivity contribution in [1.29, 1.82) is 0 Å². The van der Waals surface area contributed by atoms with E-state index in [2.05, 4.69) is 10.3 Å². The SMILES string of the molecule is Cl.Cn1cc(CC(NC(=O)C(C)(C)N)C(=O)N2CCC(n3c(=O)[nH]c4ccccc43)CC2)c2ccccc21. The van der Waals surface area contributed by atoms with E-state index in [-0.39, 0.29) is 36.0 Å². The normalized spacial score (nSPS) is 15.4. The van der Waals surface area contributed by atoms with Gasteiger partial charge in [0.05, 0.1) is 16.6 Å². The molecule has 2 amide bonds. The van der Waals surface area contributed by atoms with Crippen LogP contribution in [0, 0.1) is 0 Å². The van der Waals surface area contributed by atoms with Gasteiger partial charge < -0.3 is 25.5 Å². The number of H-pyrrole nitrogens is 1. The second-order valence-electron chi connectivity index (χ2n) is 10.6. The molecule has 2 aromatic heterocycles. The predicted octanol–water partition coefficient (Wildman–Crippen LogP) is 2.87. The summed E-state index contributed by atoms with van der Waals surface area (Å²) in [6.45, 7) is 4.27. The van der Waals surface area contributed by atoms with Crippen molar-refractivity contribution in [3.8, 4) is 0 Å². The molecule has 0 radical (unpaired) electrons. The number of fused-ring (bicyclic) bond motifs is 2. The summed E-state index contributed by atoms with van der Waals surface area (Å²) in [5.74, 6) is -0.499. The molecule has 0 saturated carbocycles. The second kappa shape index (κ2) is 10.7. The molecule has 3 heterocycles. The van der Waals surface area contributed by atoms with Crippen LogP contribution in [0.25, 0.3) is 21.9 Å². The molecule has 0 bridgehead atoms. The van der Waals surface area contributed by atoms with E-state index in [0.29, 0.717) is 32.4 Å².